The van der Waals surface area contributed by atoms with Crippen LogP contribution < -0.4 is 10.6 Å². The van der Waals surface area contributed by atoms with Gasteiger partial charge >= 0.3 is 0 Å². The molecule has 1 saturated heterocycles. The van der Waals surface area contributed by atoms with E-state index >= 15 is 0 Å². The fourth-order valence-corrected chi connectivity index (χ4v) is 1.92. The Bertz CT molecular complexity index is 205. The molecule has 16 heavy (non-hydrogen) atoms. The summed E-state index contributed by atoms with van der Waals surface area (Å²) in [5.74, 6) is 1.05. The van der Waals surface area contributed by atoms with Crippen LogP contribution in [0.4, 0.5) is 0 Å². The molecule has 2 atom stereocenters. The molecule has 0 aromatic heterocycles. The second kappa shape index (κ2) is 7.91. The van der Waals surface area contributed by atoms with Gasteiger partial charge in [-0.05, 0) is 38.8 Å². The van der Waals surface area contributed by atoms with Crippen molar-refractivity contribution in [2.24, 2.45) is 11.8 Å². The zero-order valence-corrected chi connectivity index (χ0v) is 11.4. The third kappa shape index (κ3) is 4.71. The lowest BCUT2D eigenvalue weighted by atomic mass is 9.95. The van der Waals surface area contributed by atoms with Crippen LogP contribution >= 0.6 is 12.4 Å². The van der Waals surface area contributed by atoms with E-state index in [9.17, 15) is 4.79 Å². The number of carbonyl (C=O) groups excluding carboxylic acids is 1. The largest absolute Gasteiger partial charge is 0.353 e. The quantitative estimate of drug-likeness (QED) is 0.799. The van der Waals surface area contributed by atoms with Gasteiger partial charge in [-0.15, -0.1) is 12.4 Å². The molecule has 0 radical (unpaired) electrons. The Kier molecular flexibility index (Phi) is 7.77. The maximum Gasteiger partial charge on any atom is 0.223 e. The van der Waals surface area contributed by atoms with Crippen LogP contribution in [0.2, 0.25) is 0 Å². The molecule has 1 aliphatic heterocycles. The first kappa shape index (κ1) is 15.7. The summed E-state index contributed by atoms with van der Waals surface area (Å²) in [6.07, 6.45) is 3.09. The van der Waals surface area contributed by atoms with Crippen molar-refractivity contribution in [2.75, 3.05) is 13.1 Å². The van der Waals surface area contributed by atoms with Gasteiger partial charge in [-0.2, -0.15) is 0 Å². The maximum absolute atomic E-state index is 11.9. The number of nitrogens with one attached hydrogen (secondary N) is 2. The average molecular weight is 249 g/mol. The Hall–Kier alpha value is -0.280. The third-order valence-electron chi connectivity index (χ3n) is 3.58. The Morgan fingerprint density at radius 3 is 2.44 bits per heavy atom. The van der Waals surface area contributed by atoms with Gasteiger partial charge < -0.3 is 10.6 Å². The summed E-state index contributed by atoms with van der Waals surface area (Å²) in [6, 6.07) is 0.303. The summed E-state index contributed by atoms with van der Waals surface area (Å²) in [5, 5.41) is 6.41. The molecule has 1 fully saturated rings. The van der Waals surface area contributed by atoms with Crippen molar-refractivity contribution in [1.82, 2.24) is 10.6 Å². The first-order valence-corrected chi connectivity index (χ1v) is 6.16. The second-order valence-electron chi connectivity index (χ2n) is 4.71. The Morgan fingerprint density at radius 1 is 1.38 bits per heavy atom. The van der Waals surface area contributed by atoms with E-state index in [-0.39, 0.29) is 24.2 Å². The van der Waals surface area contributed by atoms with E-state index in [1.165, 1.54) is 0 Å². The minimum Gasteiger partial charge on any atom is -0.353 e. The summed E-state index contributed by atoms with van der Waals surface area (Å²) < 4.78 is 0. The van der Waals surface area contributed by atoms with Crippen molar-refractivity contribution in [3.05, 3.63) is 0 Å². The normalized spacial score (nSPS) is 20.7. The van der Waals surface area contributed by atoms with E-state index in [4.69, 9.17) is 0 Å². The summed E-state index contributed by atoms with van der Waals surface area (Å²) in [4.78, 5) is 11.9. The van der Waals surface area contributed by atoms with Crippen molar-refractivity contribution >= 4 is 18.3 Å². The summed E-state index contributed by atoms with van der Waals surface area (Å²) >= 11 is 0. The molecule has 0 spiro atoms. The van der Waals surface area contributed by atoms with Crippen LogP contribution in [0.3, 0.4) is 0 Å². The van der Waals surface area contributed by atoms with Crippen LogP contribution in [0.15, 0.2) is 0 Å². The summed E-state index contributed by atoms with van der Waals surface area (Å²) in [5.41, 5.74) is 0. The zero-order valence-electron chi connectivity index (χ0n) is 10.6. The Morgan fingerprint density at radius 2 is 1.94 bits per heavy atom. The lowest BCUT2D eigenvalue weighted by molar-refractivity contribution is -0.126. The van der Waals surface area contributed by atoms with Gasteiger partial charge in [-0.1, -0.05) is 20.3 Å². The first-order valence-electron chi connectivity index (χ1n) is 6.16. The molecule has 0 aromatic rings. The number of hydrogen-bond acceptors (Lipinski definition) is 2. The average Bonchev–Trinajstić information content (AvgIpc) is 2.29. The number of rotatable bonds is 4. The predicted molar refractivity (Wildman–Crippen MR) is 69.9 cm³/mol. The molecule has 4 heteroatoms. The lowest BCUT2D eigenvalue weighted by Crippen LogP contribution is -2.43. The van der Waals surface area contributed by atoms with Crippen molar-refractivity contribution < 1.29 is 4.79 Å². The number of carbonyl (C=O) groups is 1. The van der Waals surface area contributed by atoms with Gasteiger partial charge in [0.15, 0.2) is 0 Å². The highest BCUT2D eigenvalue weighted by Crippen LogP contribution is 2.13. The number of amides is 1. The van der Waals surface area contributed by atoms with Crippen LogP contribution in [0, 0.1) is 11.8 Å². The van der Waals surface area contributed by atoms with Gasteiger partial charge in [0, 0.05) is 12.0 Å². The van der Waals surface area contributed by atoms with E-state index in [2.05, 4.69) is 31.4 Å². The summed E-state index contributed by atoms with van der Waals surface area (Å²) in [7, 11) is 0. The predicted octanol–water partition coefficient (Wildman–Crippen LogP) is 1.96. The molecule has 0 saturated carbocycles. The Balaban J connectivity index is 0.00000225. The Labute approximate surface area is 105 Å². The maximum atomic E-state index is 11.9. The van der Waals surface area contributed by atoms with Crippen molar-refractivity contribution in [2.45, 2.75) is 46.1 Å². The zero-order chi connectivity index (χ0) is 11.3. The molecular formula is C12H25ClN2O. The van der Waals surface area contributed by atoms with Gasteiger partial charge in [-0.25, -0.2) is 0 Å². The molecule has 96 valence electrons. The first-order chi connectivity index (χ1) is 7.15. The molecule has 0 aromatic carbocycles. The molecule has 1 heterocycles. The van der Waals surface area contributed by atoms with Gasteiger partial charge in [0.1, 0.15) is 0 Å². The SMILES string of the molecule is CCC(C)C(C)NC(=O)C1CCNCC1.Cl. The fraction of sp³-hybridized carbons (Fsp3) is 0.917. The number of piperidine rings is 1. The van der Waals surface area contributed by atoms with Crippen molar-refractivity contribution in [3.63, 3.8) is 0 Å². The highest BCUT2D eigenvalue weighted by molar-refractivity contribution is 5.85. The van der Waals surface area contributed by atoms with E-state index in [1.807, 2.05) is 0 Å². The van der Waals surface area contributed by atoms with Crippen molar-refractivity contribution in [1.29, 1.82) is 0 Å². The van der Waals surface area contributed by atoms with Crippen LogP contribution in [-0.4, -0.2) is 25.0 Å². The molecule has 1 amide bonds. The molecule has 2 unspecified atom stereocenters. The van der Waals surface area contributed by atoms with Gasteiger partial charge in [-0.3, -0.25) is 4.79 Å². The van der Waals surface area contributed by atoms with Crippen molar-refractivity contribution in [3.8, 4) is 0 Å². The minimum absolute atomic E-state index is 0. The smallest absolute Gasteiger partial charge is 0.223 e. The molecular weight excluding hydrogens is 224 g/mol. The van der Waals surface area contributed by atoms with E-state index in [0.29, 0.717) is 12.0 Å². The third-order valence-corrected chi connectivity index (χ3v) is 3.58. The topological polar surface area (TPSA) is 41.1 Å². The monoisotopic (exact) mass is 248 g/mol. The highest BCUT2D eigenvalue weighted by Gasteiger charge is 2.23. The number of hydrogen-bond donors (Lipinski definition) is 2. The van der Waals surface area contributed by atoms with Gasteiger partial charge in [0.2, 0.25) is 5.91 Å². The van der Waals surface area contributed by atoms with Crippen LogP contribution in [-0.2, 0) is 4.79 Å². The van der Waals surface area contributed by atoms with Gasteiger partial charge in [0.05, 0.1) is 0 Å². The van der Waals surface area contributed by atoms with E-state index in [1.54, 1.807) is 0 Å². The molecule has 0 bridgehead atoms. The molecule has 0 aliphatic carbocycles. The standard InChI is InChI=1S/C12H24N2O.ClH/c1-4-9(2)10(3)14-12(15)11-5-7-13-8-6-11;/h9-11,13H,4-8H2,1-3H3,(H,14,15);1H. The van der Waals surface area contributed by atoms with Crippen LogP contribution in [0.25, 0.3) is 0 Å². The van der Waals surface area contributed by atoms with Gasteiger partial charge in [0.25, 0.3) is 0 Å². The molecule has 1 rings (SSSR count). The lowest BCUT2D eigenvalue weighted by Gasteiger charge is -2.26. The van der Waals surface area contributed by atoms with Crippen LogP contribution in [0.5, 0.6) is 0 Å². The van der Waals surface area contributed by atoms with E-state index in [0.717, 1.165) is 32.4 Å². The highest BCUT2D eigenvalue weighted by atomic mass is 35.5. The summed E-state index contributed by atoms with van der Waals surface area (Å²) in [6.45, 7) is 8.42. The number of halogens is 1. The van der Waals surface area contributed by atoms with Crippen LogP contribution in [0.1, 0.15) is 40.0 Å². The molecule has 3 nitrogen and oxygen atoms in total. The second-order valence-corrected chi connectivity index (χ2v) is 4.71. The molecule has 1 aliphatic rings. The molecule has 2 N–H and O–H groups in total. The minimum atomic E-state index is 0. The fourth-order valence-electron chi connectivity index (χ4n) is 1.92. The van der Waals surface area contributed by atoms with E-state index < -0.39 is 0 Å².